The van der Waals surface area contributed by atoms with Gasteiger partial charge in [0.2, 0.25) is 17.5 Å². The molecule has 2 rings (SSSR count). The van der Waals surface area contributed by atoms with E-state index in [2.05, 4.69) is 5.32 Å². The van der Waals surface area contributed by atoms with Crippen molar-refractivity contribution in [3.8, 4) is 5.75 Å². The minimum Gasteiger partial charge on any atom is -0.497 e. The fourth-order valence-electron chi connectivity index (χ4n) is 4.38. The number of benzene rings is 2. The van der Waals surface area contributed by atoms with Crippen LogP contribution in [0.15, 0.2) is 48.5 Å². The SMILES string of the molecule is COc1ccc([C@H](NC(=O)[C@H](COC(C)(C)C)CC(=O)C(F)(F)c2ccccc2Cl)C(=O)C[C@H](C(=O)C(F)(F)F)C(C)C)cc1. The third-order valence-electron chi connectivity index (χ3n) is 6.98. The Kier molecular flexibility index (Phi) is 12.8. The highest BCUT2D eigenvalue weighted by atomic mass is 35.5. The molecule has 248 valence electrons. The summed E-state index contributed by atoms with van der Waals surface area (Å²) in [6.45, 7) is 7.10. The second-order valence-corrected chi connectivity index (χ2v) is 12.3. The minimum atomic E-state index is -5.20. The van der Waals surface area contributed by atoms with Gasteiger partial charge in [-0.1, -0.05) is 55.8 Å². The van der Waals surface area contributed by atoms with Gasteiger partial charge in [0.05, 0.1) is 30.3 Å². The number of nitrogens with one attached hydrogen (secondary N) is 1. The van der Waals surface area contributed by atoms with Crippen LogP contribution < -0.4 is 10.1 Å². The summed E-state index contributed by atoms with van der Waals surface area (Å²) in [7, 11) is 1.38. The van der Waals surface area contributed by atoms with E-state index < -0.39 is 89.8 Å². The summed E-state index contributed by atoms with van der Waals surface area (Å²) in [4.78, 5) is 52.2. The number of ketones is 3. The van der Waals surface area contributed by atoms with Crippen LogP contribution in [0.1, 0.15) is 64.6 Å². The topological polar surface area (TPSA) is 98.8 Å². The molecule has 0 saturated heterocycles. The summed E-state index contributed by atoms with van der Waals surface area (Å²) < 4.78 is 81.2. The highest BCUT2D eigenvalue weighted by Gasteiger charge is 2.46. The summed E-state index contributed by atoms with van der Waals surface area (Å²) in [5.41, 5.74) is -1.49. The van der Waals surface area contributed by atoms with Crippen molar-refractivity contribution in [1.29, 1.82) is 0 Å². The predicted molar refractivity (Wildman–Crippen MR) is 157 cm³/mol. The van der Waals surface area contributed by atoms with E-state index in [9.17, 15) is 32.3 Å². The van der Waals surface area contributed by atoms with Gasteiger partial charge in [0, 0.05) is 24.3 Å². The summed E-state index contributed by atoms with van der Waals surface area (Å²) >= 11 is 5.90. The third kappa shape index (κ3) is 10.6. The standard InChI is InChI=1S/C32H37ClF5NO6/c1-18(2)22(28(42)32(36,37)38)16-25(40)27(19-11-13-21(44-6)14-12-19)39-29(43)20(17-45-30(3,4)5)15-26(41)31(34,35)23-9-7-8-10-24(23)33/h7-14,18,20,22,27H,15-17H2,1-6H3,(H,39,43)/t20-,22-,27-/m0/s1. The van der Waals surface area contributed by atoms with Crippen LogP contribution >= 0.6 is 11.6 Å². The second kappa shape index (κ2) is 15.3. The number of methoxy groups -OCH3 is 1. The molecular formula is C32H37ClF5NO6. The number of alkyl halides is 5. The molecule has 13 heteroatoms. The largest absolute Gasteiger partial charge is 0.497 e. The number of hydrogen-bond acceptors (Lipinski definition) is 6. The number of hydrogen-bond donors (Lipinski definition) is 1. The highest BCUT2D eigenvalue weighted by Crippen LogP contribution is 2.36. The van der Waals surface area contributed by atoms with Gasteiger partial charge >= 0.3 is 12.1 Å². The van der Waals surface area contributed by atoms with E-state index in [1.54, 1.807) is 20.8 Å². The first-order chi connectivity index (χ1) is 20.7. The maximum Gasteiger partial charge on any atom is 0.450 e. The van der Waals surface area contributed by atoms with E-state index >= 15 is 8.78 Å². The Morgan fingerprint density at radius 1 is 0.889 bits per heavy atom. The number of rotatable bonds is 15. The molecule has 0 fully saturated rings. The van der Waals surface area contributed by atoms with E-state index in [1.807, 2.05) is 0 Å². The zero-order chi connectivity index (χ0) is 34.3. The number of ether oxygens (including phenoxy) is 2. The first-order valence-corrected chi connectivity index (χ1v) is 14.4. The van der Waals surface area contributed by atoms with Crippen LogP contribution in [-0.2, 0) is 29.8 Å². The molecule has 0 aliphatic heterocycles. The Hall–Kier alpha value is -3.38. The van der Waals surface area contributed by atoms with Gasteiger partial charge in [0.15, 0.2) is 5.78 Å². The lowest BCUT2D eigenvalue weighted by Gasteiger charge is -2.28. The number of amides is 1. The Morgan fingerprint density at radius 3 is 1.96 bits per heavy atom. The molecule has 0 bridgehead atoms. The number of halogens is 6. The lowest BCUT2D eigenvalue weighted by Crippen LogP contribution is -2.43. The highest BCUT2D eigenvalue weighted by molar-refractivity contribution is 6.31. The average Bonchev–Trinajstić information content (AvgIpc) is 2.95. The molecule has 7 nitrogen and oxygen atoms in total. The van der Waals surface area contributed by atoms with Crippen molar-refractivity contribution in [2.24, 2.45) is 17.8 Å². The fraction of sp³-hybridized carbons (Fsp3) is 0.500. The molecule has 3 atom stereocenters. The van der Waals surface area contributed by atoms with E-state index in [1.165, 1.54) is 63.4 Å². The molecule has 0 aliphatic rings. The Bertz CT molecular complexity index is 1360. The summed E-state index contributed by atoms with van der Waals surface area (Å²) in [6, 6.07) is 8.89. The molecule has 45 heavy (non-hydrogen) atoms. The third-order valence-corrected chi connectivity index (χ3v) is 7.31. The van der Waals surface area contributed by atoms with Gasteiger partial charge in [-0.15, -0.1) is 0 Å². The monoisotopic (exact) mass is 661 g/mol. The molecule has 2 aromatic rings. The van der Waals surface area contributed by atoms with Gasteiger partial charge in [0.1, 0.15) is 11.8 Å². The molecule has 0 aromatic heterocycles. The summed E-state index contributed by atoms with van der Waals surface area (Å²) in [5.74, 6) is -13.6. The molecule has 0 heterocycles. The van der Waals surface area contributed by atoms with Crippen molar-refractivity contribution in [2.45, 2.75) is 71.2 Å². The van der Waals surface area contributed by atoms with Crippen LogP contribution in [0.4, 0.5) is 22.0 Å². The lowest BCUT2D eigenvalue weighted by atomic mass is 9.84. The van der Waals surface area contributed by atoms with E-state index in [4.69, 9.17) is 21.1 Å². The Labute approximate surface area is 263 Å². The molecule has 0 unspecified atom stereocenters. The normalized spacial score (nSPS) is 14.4. The predicted octanol–water partition coefficient (Wildman–Crippen LogP) is 7.05. The van der Waals surface area contributed by atoms with Crippen molar-refractivity contribution >= 4 is 34.9 Å². The van der Waals surface area contributed by atoms with Gasteiger partial charge in [-0.2, -0.15) is 22.0 Å². The number of carbonyl (C=O) groups excluding carboxylic acids is 4. The molecule has 0 spiro atoms. The van der Waals surface area contributed by atoms with Crippen LogP contribution in [0.25, 0.3) is 0 Å². The van der Waals surface area contributed by atoms with Crippen LogP contribution in [0.5, 0.6) is 5.75 Å². The zero-order valence-electron chi connectivity index (χ0n) is 25.8. The van der Waals surface area contributed by atoms with Crippen molar-refractivity contribution in [3.63, 3.8) is 0 Å². The first kappa shape index (κ1) is 37.8. The van der Waals surface area contributed by atoms with Gasteiger partial charge in [-0.05, 0) is 50.5 Å². The zero-order valence-corrected chi connectivity index (χ0v) is 26.5. The molecule has 1 amide bonds. The molecular weight excluding hydrogens is 625 g/mol. The summed E-state index contributed by atoms with van der Waals surface area (Å²) in [6.07, 6.45) is -7.10. The number of carbonyl (C=O) groups is 4. The first-order valence-electron chi connectivity index (χ1n) is 14.1. The molecule has 0 aliphatic carbocycles. The number of Topliss-reactive ketones (excluding diaryl/α,β-unsaturated/α-hetero) is 3. The smallest absolute Gasteiger partial charge is 0.450 e. The van der Waals surface area contributed by atoms with Crippen LogP contribution in [0.3, 0.4) is 0 Å². The Morgan fingerprint density at radius 2 is 1.47 bits per heavy atom. The van der Waals surface area contributed by atoms with Gasteiger partial charge in [-0.3, -0.25) is 19.2 Å². The fourth-order valence-corrected chi connectivity index (χ4v) is 4.63. The lowest BCUT2D eigenvalue weighted by molar-refractivity contribution is -0.177. The van der Waals surface area contributed by atoms with Crippen LogP contribution in [-0.4, -0.2) is 48.8 Å². The van der Waals surface area contributed by atoms with E-state index in [0.29, 0.717) is 5.75 Å². The van der Waals surface area contributed by atoms with E-state index in [-0.39, 0.29) is 10.6 Å². The van der Waals surface area contributed by atoms with Gasteiger partial charge in [0.25, 0.3) is 0 Å². The van der Waals surface area contributed by atoms with Crippen LogP contribution in [0, 0.1) is 17.8 Å². The Balaban J connectivity index is 2.47. The quantitative estimate of drug-likeness (QED) is 0.206. The molecule has 0 saturated carbocycles. The maximum atomic E-state index is 15.2. The van der Waals surface area contributed by atoms with Crippen LogP contribution in [0.2, 0.25) is 5.02 Å². The van der Waals surface area contributed by atoms with Gasteiger partial charge in [-0.25, -0.2) is 0 Å². The van der Waals surface area contributed by atoms with Gasteiger partial charge < -0.3 is 14.8 Å². The van der Waals surface area contributed by atoms with E-state index in [0.717, 1.165) is 6.07 Å². The molecule has 1 N–H and O–H groups in total. The summed E-state index contributed by atoms with van der Waals surface area (Å²) in [5, 5.41) is 2.05. The van der Waals surface area contributed by atoms with Crippen molar-refractivity contribution in [2.75, 3.05) is 13.7 Å². The van der Waals surface area contributed by atoms with Crippen molar-refractivity contribution < 1.29 is 50.6 Å². The second-order valence-electron chi connectivity index (χ2n) is 11.9. The van der Waals surface area contributed by atoms with Crippen molar-refractivity contribution in [1.82, 2.24) is 5.32 Å². The van der Waals surface area contributed by atoms with Crippen molar-refractivity contribution in [3.05, 3.63) is 64.7 Å². The molecule has 0 radical (unpaired) electrons. The maximum absolute atomic E-state index is 15.2. The minimum absolute atomic E-state index is 0.124. The average molecular weight is 662 g/mol. The molecule has 2 aromatic carbocycles.